The Morgan fingerprint density at radius 3 is 2.04 bits per heavy atom. The average molecular weight is 344 g/mol. The largest absolute Gasteiger partial charge is 0.381 e. The lowest BCUT2D eigenvalue weighted by Crippen LogP contribution is -2.28. The SMILES string of the molecule is O=C1C=C(c2ccccc2)C(=O)C(c2ccccc2)=C1NCCC[Si]. The summed E-state index contributed by atoms with van der Waals surface area (Å²) in [6, 6.07) is 19.5. The van der Waals surface area contributed by atoms with Crippen molar-refractivity contribution < 1.29 is 9.59 Å². The molecule has 3 rings (SSSR count). The molecular weight excluding hydrogens is 326 g/mol. The van der Waals surface area contributed by atoms with Crippen molar-refractivity contribution in [2.24, 2.45) is 0 Å². The molecule has 0 fully saturated rings. The quantitative estimate of drug-likeness (QED) is 0.497. The number of carbonyl (C=O) groups excluding carboxylic acids is 2. The topological polar surface area (TPSA) is 46.2 Å². The van der Waals surface area contributed by atoms with Gasteiger partial charge in [0, 0.05) is 22.4 Å². The summed E-state index contributed by atoms with van der Waals surface area (Å²) in [5.74, 6) is -0.288. The summed E-state index contributed by atoms with van der Waals surface area (Å²) in [5.41, 5.74) is 2.78. The number of nitrogens with one attached hydrogen (secondary N) is 1. The first-order valence-corrected chi connectivity index (χ1v) is 8.97. The lowest BCUT2D eigenvalue weighted by molar-refractivity contribution is -0.113. The van der Waals surface area contributed by atoms with Crippen molar-refractivity contribution in [1.29, 1.82) is 0 Å². The Balaban J connectivity index is 2.06. The van der Waals surface area contributed by atoms with E-state index in [0.29, 0.717) is 23.4 Å². The maximum atomic E-state index is 13.2. The minimum absolute atomic E-state index is 0.127. The normalized spacial score (nSPS) is 14.5. The zero-order chi connectivity index (χ0) is 17.6. The highest BCUT2D eigenvalue weighted by molar-refractivity contribution is 6.49. The molecule has 2 aromatic rings. The number of ketones is 2. The zero-order valence-corrected chi connectivity index (χ0v) is 14.8. The van der Waals surface area contributed by atoms with Crippen LogP contribution < -0.4 is 5.32 Å². The molecule has 0 unspecified atom stereocenters. The predicted octanol–water partition coefficient (Wildman–Crippen LogP) is 3.20. The molecular formula is C21H18NO2Si. The molecule has 0 aromatic heterocycles. The van der Waals surface area contributed by atoms with Crippen molar-refractivity contribution in [1.82, 2.24) is 5.32 Å². The molecule has 3 radical (unpaired) electrons. The molecule has 0 saturated heterocycles. The van der Waals surface area contributed by atoms with Crippen LogP contribution in [0.1, 0.15) is 17.5 Å². The Bertz CT molecular complexity index is 839. The van der Waals surface area contributed by atoms with E-state index in [2.05, 4.69) is 15.6 Å². The second-order valence-electron chi connectivity index (χ2n) is 5.76. The number of benzene rings is 2. The Morgan fingerprint density at radius 1 is 0.840 bits per heavy atom. The standard InChI is InChI=1S/C21H18NO2Si/c23-18-14-17(15-8-3-1-4-9-15)21(24)19(16-10-5-2-6-11-16)20(18)22-12-7-13-25/h1-6,8-11,14,22H,7,12-13H2. The van der Waals surface area contributed by atoms with E-state index in [4.69, 9.17) is 0 Å². The Labute approximate surface area is 150 Å². The van der Waals surface area contributed by atoms with Crippen molar-refractivity contribution >= 4 is 33.0 Å². The van der Waals surface area contributed by atoms with Gasteiger partial charge in [0.1, 0.15) is 0 Å². The molecule has 3 nitrogen and oxygen atoms in total. The maximum Gasteiger partial charge on any atom is 0.203 e. The van der Waals surface area contributed by atoms with Crippen LogP contribution in [0.5, 0.6) is 0 Å². The van der Waals surface area contributed by atoms with Crippen LogP contribution in [0.3, 0.4) is 0 Å². The van der Waals surface area contributed by atoms with Gasteiger partial charge in [-0.1, -0.05) is 66.7 Å². The van der Waals surface area contributed by atoms with Gasteiger partial charge in [0.2, 0.25) is 5.78 Å². The summed E-state index contributed by atoms with van der Waals surface area (Å²) in [5, 5.41) is 3.16. The van der Waals surface area contributed by atoms with Crippen molar-refractivity contribution in [3.63, 3.8) is 0 Å². The first-order chi connectivity index (χ1) is 12.2. The molecule has 0 bridgehead atoms. The Hall–Kier alpha value is -2.72. The average Bonchev–Trinajstić information content (AvgIpc) is 2.66. The van der Waals surface area contributed by atoms with Crippen molar-refractivity contribution in [2.45, 2.75) is 12.5 Å². The highest BCUT2D eigenvalue weighted by Crippen LogP contribution is 2.31. The van der Waals surface area contributed by atoms with E-state index in [-0.39, 0.29) is 11.6 Å². The van der Waals surface area contributed by atoms with Gasteiger partial charge in [-0.2, -0.15) is 0 Å². The van der Waals surface area contributed by atoms with Crippen molar-refractivity contribution in [2.75, 3.05) is 6.54 Å². The van der Waals surface area contributed by atoms with E-state index in [0.717, 1.165) is 23.6 Å². The second kappa shape index (κ2) is 7.90. The third-order valence-electron chi connectivity index (χ3n) is 4.05. The van der Waals surface area contributed by atoms with E-state index in [1.165, 1.54) is 6.08 Å². The van der Waals surface area contributed by atoms with Crippen LogP contribution in [0.15, 0.2) is 72.4 Å². The lowest BCUT2D eigenvalue weighted by atomic mass is 9.85. The zero-order valence-electron chi connectivity index (χ0n) is 13.8. The van der Waals surface area contributed by atoms with Crippen molar-refractivity contribution in [3.8, 4) is 0 Å². The minimum atomic E-state index is -0.161. The fourth-order valence-electron chi connectivity index (χ4n) is 2.83. The molecule has 0 amide bonds. The molecule has 0 saturated carbocycles. The number of carbonyl (C=O) groups is 2. The molecule has 1 N–H and O–H groups in total. The fourth-order valence-corrected chi connectivity index (χ4v) is 3.01. The van der Waals surface area contributed by atoms with Crippen LogP contribution >= 0.6 is 0 Å². The third-order valence-corrected chi connectivity index (χ3v) is 4.40. The summed E-state index contributed by atoms with van der Waals surface area (Å²) in [6.45, 7) is 0.628. The summed E-state index contributed by atoms with van der Waals surface area (Å²) in [7, 11) is 3.43. The van der Waals surface area contributed by atoms with Crippen LogP contribution in [0.2, 0.25) is 6.04 Å². The van der Waals surface area contributed by atoms with E-state index >= 15 is 0 Å². The summed E-state index contributed by atoms with van der Waals surface area (Å²) in [6.07, 6.45) is 2.30. The van der Waals surface area contributed by atoms with Crippen LogP contribution in [-0.4, -0.2) is 28.4 Å². The van der Waals surface area contributed by atoms with Crippen LogP contribution in [0, 0.1) is 0 Å². The van der Waals surface area contributed by atoms with E-state index in [1.54, 1.807) is 0 Å². The Kier molecular flexibility index (Phi) is 5.41. The van der Waals surface area contributed by atoms with Gasteiger partial charge >= 0.3 is 0 Å². The Morgan fingerprint density at radius 2 is 1.44 bits per heavy atom. The molecule has 4 heteroatoms. The number of Topliss-reactive ketones (excluding diaryl/α,β-unsaturated/α-hetero) is 1. The summed E-state index contributed by atoms with van der Waals surface area (Å²) in [4.78, 5) is 25.9. The number of rotatable bonds is 6. The van der Waals surface area contributed by atoms with E-state index in [9.17, 15) is 9.59 Å². The third kappa shape index (κ3) is 3.69. The monoisotopic (exact) mass is 344 g/mol. The first-order valence-electron chi connectivity index (χ1n) is 8.26. The van der Waals surface area contributed by atoms with Gasteiger partial charge in [0.05, 0.1) is 11.3 Å². The molecule has 1 aliphatic carbocycles. The van der Waals surface area contributed by atoms with Crippen LogP contribution in [0.4, 0.5) is 0 Å². The lowest BCUT2D eigenvalue weighted by Gasteiger charge is -2.21. The highest BCUT2D eigenvalue weighted by atomic mass is 28.1. The smallest absolute Gasteiger partial charge is 0.203 e. The van der Waals surface area contributed by atoms with E-state index < -0.39 is 0 Å². The summed E-state index contributed by atoms with van der Waals surface area (Å²) < 4.78 is 0. The first kappa shape index (κ1) is 17.1. The van der Waals surface area contributed by atoms with Gasteiger partial charge in [-0.25, -0.2) is 0 Å². The van der Waals surface area contributed by atoms with Crippen LogP contribution in [-0.2, 0) is 9.59 Å². The fraction of sp³-hybridized carbons (Fsp3) is 0.143. The van der Waals surface area contributed by atoms with Crippen molar-refractivity contribution in [3.05, 3.63) is 83.6 Å². The molecule has 123 valence electrons. The number of allylic oxidation sites excluding steroid dienone is 3. The minimum Gasteiger partial charge on any atom is -0.381 e. The van der Waals surface area contributed by atoms with Gasteiger partial charge in [-0.05, 0) is 23.6 Å². The van der Waals surface area contributed by atoms with Gasteiger partial charge in [0.15, 0.2) is 5.78 Å². The molecule has 0 heterocycles. The van der Waals surface area contributed by atoms with Crippen LogP contribution in [0.25, 0.3) is 11.1 Å². The van der Waals surface area contributed by atoms with E-state index in [1.807, 2.05) is 60.7 Å². The molecule has 0 spiro atoms. The molecule has 0 aliphatic heterocycles. The second-order valence-corrected chi connectivity index (χ2v) is 6.26. The number of hydrogen-bond acceptors (Lipinski definition) is 3. The molecule has 1 aliphatic rings. The summed E-state index contributed by atoms with van der Waals surface area (Å²) >= 11 is 0. The maximum absolute atomic E-state index is 13.2. The molecule has 25 heavy (non-hydrogen) atoms. The van der Waals surface area contributed by atoms with Gasteiger partial charge < -0.3 is 5.32 Å². The number of hydrogen-bond donors (Lipinski definition) is 1. The highest BCUT2D eigenvalue weighted by Gasteiger charge is 2.30. The van der Waals surface area contributed by atoms with Gasteiger partial charge in [-0.3, -0.25) is 9.59 Å². The molecule has 0 atom stereocenters. The van der Waals surface area contributed by atoms with Gasteiger partial charge in [0.25, 0.3) is 0 Å². The van der Waals surface area contributed by atoms with Gasteiger partial charge in [-0.15, -0.1) is 0 Å². The molecule has 2 aromatic carbocycles. The predicted molar refractivity (Wildman–Crippen MR) is 101 cm³/mol.